The van der Waals surface area contributed by atoms with Crippen molar-refractivity contribution >= 4 is 35.0 Å². The fourth-order valence-corrected chi connectivity index (χ4v) is 2.54. The molecule has 2 N–H and O–H groups in total. The van der Waals surface area contributed by atoms with Crippen LogP contribution in [-0.2, 0) is 0 Å². The number of rotatable bonds is 3. The number of benzene rings is 2. The predicted molar refractivity (Wildman–Crippen MR) is 92.1 cm³/mol. The lowest BCUT2D eigenvalue weighted by atomic mass is 9.95. The Hall–Kier alpha value is -1.99. The fourth-order valence-electron chi connectivity index (χ4n) is 2.38. The summed E-state index contributed by atoms with van der Waals surface area (Å²) in [6.45, 7) is 0. The van der Waals surface area contributed by atoms with Gasteiger partial charge < -0.3 is 10.3 Å². The highest BCUT2D eigenvalue weighted by molar-refractivity contribution is 6.31. The number of aromatic nitrogens is 1. The first-order chi connectivity index (χ1) is 10.2. The molecule has 0 amide bonds. The Balaban J connectivity index is 0.00000176. The van der Waals surface area contributed by atoms with Crippen LogP contribution in [-0.4, -0.2) is 5.16 Å². The van der Waals surface area contributed by atoms with Crippen molar-refractivity contribution < 1.29 is 4.52 Å². The van der Waals surface area contributed by atoms with Crippen LogP contribution < -0.4 is 5.73 Å². The van der Waals surface area contributed by atoms with Crippen LogP contribution in [0.3, 0.4) is 0 Å². The molecule has 0 radical (unpaired) electrons. The molecule has 5 heteroatoms. The first kappa shape index (κ1) is 16.4. The highest BCUT2D eigenvalue weighted by Gasteiger charge is 2.17. The van der Waals surface area contributed by atoms with Gasteiger partial charge in [-0.15, -0.1) is 24.8 Å². The van der Waals surface area contributed by atoms with Gasteiger partial charge in [0, 0.05) is 34.5 Å². The van der Waals surface area contributed by atoms with Gasteiger partial charge in [-0.1, -0.05) is 41.0 Å². The van der Waals surface area contributed by atoms with Crippen molar-refractivity contribution in [2.24, 2.45) is 5.73 Å². The second-order valence-corrected chi connectivity index (χ2v) is 5.21. The Morgan fingerprint density at radius 2 is 2.05 bits per heavy atom. The van der Waals surface area contributed by atoms with E-state index in [1.807, 2.05) is 36.4 Å². The maximum absolute atomic E-state index is 6.16. The molecule has 1 unspecified atom stereocenters. The number of terminal acetylenes is 1. The van der Waals surface area contributed by atoms with Crippen LogP contribution >= 0.6 is 24.0 Å². The average Bonchev–Trinajstić information content (AvgIpc) is 2.90. The molecule has 1 aromatic heterocycles. The summed E-state index contributed by atoms with van der Waals surface area (Å²) >= 11 is 5.97. The topological polar surface area (TPSA) is 52.0 Å². The quantitative estimate of drug-likeness (QED) is 0.713. The Labute approximate surface area is 139 Å². The van der Waals surface area contributed by atoms with Crippen LogP contribution in [0.4, 0.5) is 0 Å². The zero-order chi connectivity index (χ0) is 14.8. The first-order valence-corrected chi connectivity index (χ1v) is 6.92. The third-order valence-corrected chi connectivity index (χ3v) is 3.62. The molecule has 3 aromatic rings. The molecule has 1 atom stereocenters. The second-order valence-electron chi connectivity index (χ2n) is 4.77. The van der Waals surface area contributed by atoms with Crippen molar-refractivity contribution in [3.8, 4) is 23.6 Å². The van der Waals surface area contributed by atoms with Crippen molar-refractivity contribution in [2.75, 3.05) is 0 Å². The summed E-state index contributed by atoms with van der Waals surface area (Å²) in [5.41, 5.74) is 9.45. The maximum atomic E-state index is 6.16. The molecule has 0 aliphatic heterocycles. The predicted octanol–water partition coefficient (Wildman–Crippen LogP) is 4.59. The summed E-state index contributed by atoms with van der Waals surface area (Å²) in [6, 6.07) is 13.0. The minimum atomic E-state index is -0.231. The normalized spacial score (nSPS) is 11.7. The second kappa shape index (κ2) is 6.85. The molecule has 2 aromatic carbocycles. The standard InChI is InChI=1S/C17H13ClN2O.ClH/c1-2-5-15(19)12-6-3-4-7-13(12)17-14-9-8-11(18)10-16(14)21-20-17;/h1,3-4,6-10,15H,5,19H2;1H. The highest BCUT2D eigenvalue weighted by Crippen LogP contribution is 2.33. The molecule has 0 fully saturated rings. The zero-order valence-electron chi connectivity index (χ0n) is 11.6. The number of nitrogens with zero attached hydrogens (tertiary/aromatic N) is 1. The zero-order valence-corrected chi connectivity index (χ0v) is 13.2. The van der Waals surface area contributed by atoms with E-state index in [4.69, 9.17) is 28.3 Å². The highest BCUT2D eigenvalue weighted by atomic mass is 35.5. The van der Waals surface area contributed by atoms with Gasteiger partial charge in [-0.05, 0) is 17.7 Å². The Kier molecular flexibility index (Phi) is 5.10. The summed E-state index contributed by atoms with van der Waals surface area (Å²) in [7, 11) is 0. The van der Waals surface area contributed by atoms with Crippen molar-refractivity contribution in [3.63, 3.8) is 0 Å². The van der Waals surface area contributed by atoms with Gasteiger partial charge in [0.1, 0.15) is 5.69 Å². The van der Waals surface area contributed by atoms with E-state index < -0.39 is 0 Å². The Morgan fingerprint density at radius 3 is 2.82 bits per heavy atom. The smallest absolute Gasteiger partial charge is 0.169 e. The van der Waals surface area contributed by atoms with Crippen LogP contribution in [0.1, 0.15) is 18.0 Å². The largest absolute Gasteiger partial charge is 0.356 e. The van der Waals surface area contributed by atoms with Gasteiger partial charge in [0.2, 0.25) is 0 Å². The fraction of sp³-hybridized carbons (Fsp3) is 0.118. The lowest BCUT2D eigenvalue weighted by Gasteiger charge is -2.12. The van der Waals surface area contributed by atoms with Crippen LogP contribution in [0.15, 0.2) is 47.0 Å². The van der Waals surface area contributed by atoms with E-state index in [1.165, 1.54) is 0 Å². The summed E-state index contributed by atoms with van der Waals surface area (Å²) in [6.07, 6.45) is 5.83. The molecule has 0 aliphatic rings. The Bertz CT molecular complexity index is 836. The van der Waals surface area contributed by atoms with Crippen molar-refractivity contribution in [1.29, 1.82) is 0 Å². The third-order valence-electron chi connectivity index (χ3n) is 3.39. The number of nitrogens with two attached hydrogens (primary N) is 1. The minimum Gasteiger partial charge on any atom is -0.356 e. The lowest BCUT2D eigenvalue weighted by molar-refractivity contribution is 0.459. The molecule has 3 nitrogen and oxygen atoms in total. The molecular weight excluding hydrogens is 319 g/mol. The van der Waals surface area contributed by atoms with Crippen LogP contribution in [0.2, 0.25) is 5.02 Å². The van der Waals surface area contributed by atoms with Gasteiger partial charge in [-0.2, -0.15) is 0 Å². The van der Waals surface area contributed by atoms with E-state index in [9.17, 15) is 0 Å². The van der Waals surface area contributed by atoms with E-state index in [-0.39, 0.29) is 18.4 Å². The molecule has 0 spiro atoms. The summed E-state index contributed by atoms with van der Waals surface area (Å²) < 4.78 is 5.36. The summed E-state index contributed by atoms with van der Waals surface area (Å²) in [4.78, 5) is 0. The van der Waals surface area contributed by atoms with Crippen molar-refractivity contribution in [2.45, 2.75) is 12.5 Å². The van der Waals surface area contributed by atoms with Gasteiger partial charge in [0.15, 0.2) is 5.58 Å². The van der Waals surface area contributed by atoms with Gasteiger partial charge in [0.25, 0.3) is 0 Å². The summed E-state index contributed by atoms with van der Waals surface area (Å²) in [5.74, 6) is 2.60. The molecule has 0 saturated heterocycles. The van der Waals surface area contributed by atoms with Gasteiger partial charge in [-0.25, -0.2) is 0 Å². The number of hydrogen-bond donors (Lipinski definition) is 1. The monoisotopic (exact) mass is 332 g/mol. The van der Waals surface area contributed by atoms with E-state index in [2.05, 4.69) is 11.1 Å². The van der Waals surface area contributed by atoms with Crippen LogP contribution in [0.25, 0.3) is 22.2 Å². The van der Waals surface area contributed by atoms with Crippen LogP contribution in [0, 0.1) is 12.3 Å². The molecule has 0 bridgehead atoms. The number of hydrogen-bond acceptors (Lipinski definition) is 3. The maximum Gasteiger partial charge on any atom is 0.169 e. The van der Waals surface area contributed by atoms with Gasteiger partial charge in [-0.3, -0.25) is 0 Å². The summed E-state index contributed by atoms with van der Waals surface area (Å²) in [5, 5.41) is 5.68. The third kappa shape index (κ3) is 2.95. The first-order valence-electron chi connectivity index (χ1n) is 6.54. The molecule has 112 valence electrons. The van der Waals surface area contributed by atoms with Gasteiger partial charge in [0.05, 0.1) is 0 Å². The van der Waals surface area contributed by atoms with Crippen LogP contribution in [0.5, 0.6) is 0 Å². The number of fused-ring (bicyclic) bond motifs is 1. The van der Waals surface area contributed by atoms with E-state index in [0.717, 1.165) is 22.2 Å². The van der Waals surface area contributed by atoms with E-state index in [1.54, 1.807) is 6.07 Å². The SMILES string of the molecule is C#CCC(N)c1ccccc1-c1noc2cc(Cl)ccc12.Cl. The van der Waals surface area contributed by atoms with Crippen molar-refractivity contribution in [3.05, 3.63) is 53.1 Å². The molecule has 0 saturated carbocycles. The number of halogens is 2. The average molecular weight is 333 g/mol. The Morgan fingerprint density at radius 1 is 1.27 bits per heavy atom. The molecule has 22 heavy (non-hydrogen) atoms. The van der Waals surface area contributed by atoms with Crippen molar-refractivity contribution in [1.82, 2.24) is 5.16 Å². The molecule has 0 aliphatic carbocycles. The molecule has 1 heterocycles. The lowest BCUT2D eigenvalue weighted by Crippen LogP contribution is -2.10. The van der Waals surface area contributed by atoms with Gasteiger partial charge >= 0.3 is 0 Å². The van der Waals surface area contributed by atoms with E-state index in [0.29, 0.717) is 17.0 Å². The molecule has 3 rings (SSSR count). The molecular formula is C17H14Cl2N2O. The van der Waals surface area contributed by atoms with E-state index >= 15 is 0 Å². The minimum absolute atomic E-state index is 0.